The third-order valence-electron chi connectivity index (χ3n) is 12.5. The Bertz CT molecular complexity index is 1020. The zero-order chi connectivity index (χ0) is 45.8. The van der Waals surface area contributed by atoms with Crippen LogP contribution in [0.5, 0.6) is 0 Å². The van der Waals surface area contributed by atoms with Gasteiger partial charge in [0.05, 0.1) is 0 Å². The van der Waals surface area contributed by atoms with Crippen LogP contribution >= 0.6 is 0 Å². The van der Waals surface area contributed by atoms with Crippen LogP contribution in [-0.2, 0) is 28.6 Å². The lowest BCUT2D eigenvalue weighted by atomic mass is 10.0. The molecule has 1 atom stereocenters. The lowest BCUT2D eigenvalue weighted by Gasteiger charge is -2.18. The van der Waals surface area contributed by atoms with Gasteiger partial charge in [-0.15, -0.1) is 0 Å². The maximum absolute atomic E-state index is 12.8. The Morgan fingerprint density at radius 1 is 0.317 bits per heavy atom. The Kier molecular flexibility index (Phi) is 50.8. The molecule has 63 heavy (non-hydrogen) atoms. The van der Waals surface area contributed by atoms with E-state index in [1.807, 2.05) is 0 Å². The van der Waals surface area contributed by atoms with Gasteiger partial charge in [-0.3, -0.25) is 14.4 Å². The molecule has 6 nitrogen and oxygen atoms in total. The molecule has 0 spiro atoms. The Morgan fingerprint density at radius 2 is 0.571 bits per heavy atom. The van der Waals surface area contributed by atoms with Crippen molar-refractivity contribution in [3.63, 3.8) is 0 Å². The second-order valence-corrected chi connectivity index (χ2v) is 18.9. The summed E-state index contributed by atoms with van der Waals surface area (Å²) in [5.74, 6) is -0.859. The van der Waals surface area contributed by atoms with Gasteiger partial charge in [-0.2, -0.15) is 0 Å². The predicted octanol–water partition coefficient (Wildman–Crippen LogP) is 18.3. The van der Waals surface area contributed by atoms with Crippen molar-refractivity contribution >= 4 is 17.9 Å². The summed E-state index contributed by atoms with van der Waals surface area (Å²) in [4.78, 5) is 38.0. The number of ether oxygens (including phenoxy) is 3. The molecule has 0 aromatic rings. The minimum atomic E-state index is -0.768. The van der Waals surface area contributed by atoms with Crippen LogP contribution < -0.4 is 0 Å². The lowest BCUT2D eigenvalue weighted by Crippen LogP contribution is -2.30. The van der Waals surface area contributed by atoms with Crippen molar-refractivity contribution < 1.29 is 28.6 Å². The smallest absolute Gasteiger partial charge is 0.306 e. The van der Waals surface area contributed by atoms with Crippen LogP contribution in [0.1, 0.15) is 303 Å². The summed E-state index contributed by atoms with van der Waals surface area (Å²) in [6.45, 7) is 6.64. The molecule has 0 fully saturated rings. The van der Waals surface area contributed by atoms with Crippen LogP contribution in [0.3, 0.4) is 0 Å². The van der Waals surface area contributed by atoms with Gasteiger partial charge in [-0.1, -0.05) is 257 Å². The monoisotopic (exact) mass is 887 g/mol. The minimum Gasteiger partial charge on any atom is -0.462 e. The number of carbonyl (C=O) groups is 3. The number of esters is 3. The number of hydrogen-bond acceptors (Lipinski definition) is 6. The number of unbranched alkanes of at least 4 members (excludes halogenated alkanes) is 36. The summed E-state index contributed by atoms with van der Waals surface area (Å²) in [7, 11) is 0. The predicted molar refractivity (Wildman–Crippen MR) is 270 cm³/mol. The van der Waals surface area contributed by atoms with Crippen molar-refractivity contribution in [2.75, 3.05) is 13.2 Å². The summed E-state index contributed by atoms with van der Waals surface area (Å²) in [5.41, 5.74) is 0. The van der Waals surface area contributed by atoms with Gasteiger partial charge in [0.25, 0.3) is 0 Å². The minimum absolute atomic E-state index is 0.0686. The normalized spacial score (nSPS) is 12.1. The first-order valence-corrected chi connectivity index (χ1v) is 27.8. The van der Waals surface area contributed by atoms with E-state index in [0.717, 1.165) is 70.6 Å². The second-order valence-electron chi connectivity index (χ2n) is 18.9. The quantitative estimate of drug-likeness (QED) is 0.0262. The Morgan fingerprint density at radius 3 is 0.905 bits per heavy atom. The van der Waals surface area contributed by atoms with Crippen LogP contribution in [0.2, 0.25) is 0 Å². The molecule has 0 amide bonds. The van der Waals surface area contributed by atoms with Crippen LogP contribution in [0.15, 0.2) is 24.3 Å². The molecule has 0 radical (unpaired) electrons. The topological polar surface area (TPSA) is 78.9 Å². The summed E-state index contributed by atoms with van der Waals surface area (Å²) >= 11 is 0. The average molecular weight is 887 g/mol. The van der Waals surface area contributed by atoms with Gasteiger partial charge in [-0.05, 0) is 51.4 Å². The summed E-state index contributed by atoms with van der Waals surface area (Å²) in [6, 6.07) is 0. The highest BCUT2D eigenvalue weighted by atomic mass is 16.6. The van der Waals surface area contributed by atoms with Crippen molar-refractivity contribution in [2.45, 2.75) is 309 Å². The highest BCUT2D eigenvalue weighted by Gasteiger charge is 2.19. The van der Waals surface area contributed by atoms with Crippen molar-refractivity contribution in [2.24, 2.45) is 0 Å². The van der Waals surface area contributed by atoms with E-state index in [1.54, 1.807) is 0 Å². The van der Waals surface area contributed by atoms with E-state index in [-0.39, 0.29) is 31.1 Å². The van der Waals surface area contributed by atoms with Crippen molar-refractivity contribution in [1.29, 1.82) is 0 Å². The molecule has 0 aliphatic carbocycles. The van der Waals surface area contributed by atoms with E-state index in [9.17, 15) is 14.4 Å². The molecular formula is C57H106O6. The maximum Gasteiger partial charge on any atom is 0.306 e. The largest absolute Gasteiger partial charge is 0.462 e. The SMILES string of the molecule is CCCCC/C=C\C/C=C\CCCCCCCCCC(=O)OC[C@H](COC(=O)CCCCCCCCCCCCC)OC(=O)CCCCCCCCCCCCCCCCCCC. The molecule has 0 aliphatic rings. The summed E-state index contributed by atoms with van der Waals surface area (Å²) < 4.78 is 16.8. The number of rotatable bonds is 51. The summed E-state index contributed by atoms with van der Waals surface area (Å²) in [6.07, 6.45) is 60.2. The van der Waals surface area contributed by atoms with Gasteiger partial charge in [0.1, 0.15) is 13.2 Å². The first-order valence-electron chi connectivity index (χ1n) is 27.8. The van der Waals surface area contributed by atoms with E-state index in [2.05, 4.69) is 45.1 Å². The zero-order valence-electron chi connectivity index (χ0n) is 42.4. The third-order valence-corrected chi connectivity index (χ3v) is 12.5. The van der Waals surface area contributed by atoms with Gasteiger partial charge in [0.2, 0.25) is 0 Å². The average Bonchev–Trinajstić information content (AvgIpc) is 3.28. The van der Waals surface area contributed by atoms with Crippen molar-refractivity contribution in [1.82, 2.24) is 0 Å². The van der Waals surface area contributed by atoms with Gasteiger partial charge >= 0.3 is 17.9 Å². The molecule has 0 unspecified atom stereocenters. The number of allylic oxidation sites excluding steroid dienone is 4. The van der Waals surface area contributed by atoms with Crippen molar-refractivity contribution in [3.05, 3.63) is 24.3 Å². The Balaban J connectivity index is 4.31. The first kappa shape index (κ1) is 60.9. The molecule has 0 saturated heterocycles. The van der Waals surface area contributed by atoms with Crippen LogP contribution in [-0.4, -0.2) is 37.2 Å². The number of carbonyl (C=O) groups excluding carboxylic acids is 3. The van der Waals surface area contributed by atoms with E-state index in [1.165, 1.54) is 193 Å². The van der Waals surface area contributed by atoms with Gasteiger partial charge in [0.15, 0.2) is 6.10 Å². The molecule has 370 valence electrons. The molecule has 6 heteroatoms. The lowest BCUT2D eigenvalue weighted by molar-refractivity contribution is -0.167. The highest BCUT2D eigenvalue weighted by molar-refractivity contribution is 5.71. The van der Waals surface area contributed by atoms with Crippen molar-refractivity contribution in [3.8, 4) is 0 Å². The first-order chi connectivity index (χ1) is 31.0. The Labute approximate surface area is 392 Å². The van der Waals surface area contributed by atoms with Gasteiger partial charge in [0, 0.05) is 19.3 Å². The molecule has 0 aliphatic heterocycles. The fourth-order valence-electron chi connectivity index (χ4n) is 8.24. The molecule has 0 saturated carbocycles. The van der Waals surface area contributed by atoms with E-state index in [4.69, 9.17) is 14.2 Å². The molecule has 0 bridgehead atoms. The third kappa shape index (κ3) is 50.7. The molecule has 0 aromatic heterocycles. The zero-order valence-corrected chi connectivity index (χ0v) is 42.4. The number of hydrogen-bond donors (Lipinski definition) is 0. The second kappa shape index (κ2) is 52.5. The van der Waals surface area contributed by atoms with Crippen LogP contribution in [0, 0.1) is 0 Å². The Hall–Kier alpha value is -2.11. The fourth-order valence-corrected chi connectivity index (χ4v) is 8.24. The van der Waals surface area contributed by atoms with Gasteiger partial charge in [-0.25, -0.2) is 0 Å². The molecule has 0 rings (SSSR count). The summed E-state index contributed by atoms with van der Waals surface area (Å²) in [5, 5.41) is 0. The van der Waals surface area contributed by atoms with Crippen LogP contribution in [0.25, 0.3) is 0 Å². The molecule has 0 heterocycles. The molecule has 0 N–H and O–H groups in total. The van der Waals surface area contributed by atoms with E-state index >= 15 is 0 Å². The van der Waals surface area contributed by atoms with E-state index in [0.29, 0.717) is 19.3 Å². The van der Waals surface area contributed by atoms with Crippen LogP contribution in [0.4, 0.5) is 0 Å². The molecule has 0 aromatic carbocycles. The molecular weight excluding hydrogens is 781 g/mol. The van der Waals surface area contributed by atoms with E-state index < -0.39 is 6.10 Å². The van der Waals surface area contributed by atoms with Gasteiger partial charge < -0.3 is 14.2 Å². The fraction of sp³-hybridized carbons (Fsp3) is 0.877. The standard InChI is InChI=1S/C57H106O6/c1-4-7-10-13-16-19-22-24-26-28-30-32-35-38-41-44-47-50-56(59)62-53-54(52-61-55(58)49-46-43-40-37-34-21-18-15-12-9-6-3)63-57(60)51-48-45-42-39-36-33-31-29-27-25-23-20-17-14-11-8-5-2/h16,19,24,26,54H,4-15,17-18,20-23,25,27-53H2,1-3H3/b19-16-,26-24-/t54-/m0/s1. The highest BCUT2D eigenvalue weighted by Crippen LogP contribution is 2.17. The maximum atomic E-state index is 12.8.